The van der Waals surface area contributed by atoms with Gasteiger partial charge in [-0.3, -0.25) is 14.7 Å². The van der Waals surface area contributed by atoms with E-state index in [1.807, 2.05) is 0 Å². The fourth-order valence-electron chi connectivity index (χ4n) is 1.05. The van der Waals surface area contributed by atoms with Crippen molar-refractivity contribution in [3.05, 3.63) is 33.0 Å². The van der Waals surface area contributed by atoms with Gasteiger partial charge in [-0.25, -0.2) is 9.59 Å². The maximum absolute atomic E-state index is 11.2. The molecule has 0 aliphatic heterocycles. The first-order chi connectivity index (χ1) is 7.74. The predicted molar refractivity (Wildman–Crippen MR) is 53.4 cm³/mol. The van der Waals surface area contributed by atoms with Crippen molar-refractivity contribution in [1.29, 1.82) is 0 Å². The summed E-state index contributed by atoms with van der Waals surface area (Å²) in [4.78, 5) is 34.7. The smallest absolute Gasteiger partial charge is 0.348 e. The van der Waals surface area contributed by atoms with Gasteiger partial charge in [-0.1, -0.05) is 0 Å². The lowest BCUT2D eigenvalue weighted by Gasteiger charge is -2.18. The largest absolute Gasteiger partial charge is 0.479 e. The minimum absolute atomic E-state index is 0.467. The predicted octanol–water partition coefficient (Wildman–Crippen LogP) is -1.01. The highest BCUT2D eigenvalue weighted by atomic mass is 16.6. The monoisotopic (exact) mass is 243 g/mol. The van der Waals surface area contributed by atoms with Crippen LogP contribution < -0.4 is 5.69 Å². The number of hydrogen-bond donors (Lipinski definition) is 2. The first-order valence-corrected chi connectivity index (χ1v) is 4.40. The molecule has 0 spiro atoms. The van der Waals surface area contributed by atoms with Crippen LogP contribution in [0.5, 0.6) is 0 Å². The molecule has 1 aromatic rings. The van der Waals surface area contributed by atoms with Crippen molar-refractivity contribution >= 4 is 11.7 Å². The van der Waals surface area contributed by atoms with Crippen LogP contribution in [0, 0.1) is 10.1 Å². The molecule has 0 aliphatic rings. The third-order valence-electron chi connectivity index (χ3n) is 1.99. The van der Waals surface area contributed by atoms with Crippen LogP contribution in [-0.4, -0.2) is 36.3 Å². The minimum atomic E-state index is -2.21. The van der Waals surface area contributed by atoms with Crippen LogP contribution in [0.3, 0.4) is 0 Å². The summed E-state index contributed by atoms with van der Waals surface area (Å²) in [7, 11) is 0. The first-order valence-electron chi connectivity index (χ1n) is 4.40. The average molecular weight is 243 g/mol. The van der Waals surface area contributed by atoms with Crippen LogP contribution >= 0.6 is 0 Å². The molecule has 92 valence electrons. The number of hydrogen-bond acceptors (Lipinski definition) is 6. The van der Waals surface area contributed by atoms with E-state index < -0.39 is 34.4 Å². The molecule has 0 aliphatic carbocycles. The summed E-state index contributed by atoms with van der Waals surface area (Å²) in [5.74, 6) is -1.55. The Kier molecular flexibility index (Phi) is 3.23. The molecule has 1 heterocycles. The zero-order chi connectivity index (χ0) is 13.2. The van der Waals surface area contributed by atoms with Crippen molar-refractivity contribution in [2.24, 2.45) is 0 Å². The van der Waals surface area contributed by atoms with Crippen molar-refractivity contribution in [3.8, 4) is 0 Å². The fraction of sp³-hybridized carbons (Fsp3) is 0.375. The molecule has 17 heavy (non-hydrogen) atoms. The van der Waals surface area contributed by atoms with Gasteiger partial charge in [0.15, 0.2) is 5.60 Å². The Hall–Kier alpha value is -2.29. The van der Waals surface area contributed by atoms with Gasteiger partial charge in [-0.15, -0.1) is 0 Å². The summed E-state index contributed by atoms with van der Waals surface area (Å²) in [5, 5.41) is 28.5. The van der Waals surface area contributed by atoms with Gasteiger partial charge >= 0.3 is 17.3 Å². The van der Waals surface area contributed by atoms with E-state index in [4.69, 9.17) is 5.11 Å². The van der Waals surface area contributed by atoms with Gasteiger partial charge in [-0.2, -0.15) is 4.98 Å². The molecule has 0 bridgehead atoms. The van der Waals surface area contributed by atoms with Gasteiger partial charge in [0.1, 0.15) is 6.20 Å². The molecule has 0 radical (unpaired) electrons. The minimum Gasteiger partial charge on any atom is -0.479 e. The number of nitro groups is 1. The number of aliphatic carboxylic acids is 1. The number of carboxylic acids is 1. The Morgan fingerprint density at radius 3 is 2.76 bits per heavy atom. The lowest BCUT2D eigenvalue weighted by Crippen LogP contribution is -2.42. The van der Waals surface area contributed by atoms with Crippen molar-refractivity contribution in [1.82, 2.24) is 9.55 Å². The Labute approximate surface area is 94.1 Å². The van der Waals surface area contributed by atoms with E-state index in [-0.39, 0.29) is 0 Å². The Morgan fingerprint density at radius 2 is 2.29 bits per heavy atom. The zero-order valence-corrected chi connectivity index (χ0v) is 8.73. The average Bonchev–Trinajstić information content (AvgIpc) is 2.20. The molecule has 9 heteroatoms. The van der Waals surface area contributed by atoms with Crippen LogP contribution in [0.4, 0.5) is 5.69 Å². The molecule has 0 amide bonds. The summed E-state index contributed by atoms with van der Waals surface area (Å²) in [6, 6.07) is 0. The second-order valence-electron chi connectivity index (χ2n) is 3.56. The second-order valence-corrected chi connectivity index (χ2v) is 3.56. The quantitative estimate of drug-likeness (QED) is 0.510. The van der Waals surface area contributed by atoms with Crippen LogP contribution in [0.25, 0.3) is 0 Å². The number of rotatable bonds is 4. The van der Waals surface area contributed by atoms with E-state index in [0.717, 1.165) is 19.3 Å². The summed E-state index contributed by atoms with van der Waals surface area (Å²) < 4.78 is 0.673. The van der Waals surface area contributed by atoms with E-state index >= 15 is 0 Å². The maximum atomic E-state index is 11.2. The van der Waals surface area contributed by atoms with Gasteiger partial charge in [0.2, 0.25) is 0 Å². The molecule has 1 unspecified atom stereocenters. The third kappa shape index (κ3) is 2.84. The Bertz CT molecular complexity index is 520. The standard InChI is InChI=1S/C8H9N3O6/c1-8(15,6(12)13)4-10-3-5(11(16)17)2-9-7(10)14/h2-3,15H,4H2,1H3,(H,12,13). The van der Waals surface area contributed by atoms with Crippen molar-refractivity contribution in [3.63, 3.8) is 0 Å². The van der Waals surface area contributed by atoms with Gasteiger partial charge < -0.3 is 10.2 Å². The molecule has 1 aromatic heterocycles. The Balaban J connectivity index is 3.14. The number of nitrogens with zero attached hydrogens (tertiary/aromatic N) is 3. The third-order valence-corrected chi connectivity index (χ3v) is 1.99. The number of carbonyl (C=O) groups is 1. The van der Waals surface area contributed by atoms with E-state index in [2.05, 4.69) is 4.98 Å². The molecular formula is C8H9N3O6. The highest BCUT2D eigenvalue weighted by Gasteiger charge is 2.31. The lowest BCUT2D eigenvalue weighted by molar-refractivity contribution is -0.385. The summed E-state index contributed by atoms with van der Waals surface area (Å²) in [6.07, 6.45) is 1.58. The van der Waals surface area contributed by atoms with Gasteiger partial charge in [-0.05, 0) is 6.92 Å². The number of aliphatic hydroxyl groups is 1. The van der Waals surface area contributed by atoms with Crippen LogP contribution in [0.1, 0.15) is 6.92 Å². The highest BCUT2D eigenvalue weighted by molar-refractivity contribution is 5.76. The molecule has 1 rings (SSSR count). The summed E-state index contributed by atoms with van der Waals surface area (Å²) in [6.45, 7) is 0.344. The maximum Gasteiger partial charge on any atom is 0.348 e. The van der Waals surface area contributed by atoms with Crippen LogP contribution in [0.2, 0.25) is 0 Å². The van der Waals surface area contributed by atoms with Crippen LogP contribution in [-0.2, 0) is 11.3 Å². The second kappa shape index (κ2) is 4.29. The van der Waals surface area contributed by atoms with Crippen LogP contribution in [0.15, 0.2) is 17.2 Å². The van der Waals surface area contributed by atoms with E-state index in [0.29, 0.717) is 4.57 Å². The SMILES string of the molecule is CC(O)(Cn1cc([N+](=O)[O-])cnc1=O)C(=O)O. The topological polar surface area (TPSA) is 136 Å². The fourth-order valence-corrected chi connectivity index (χ4v) is 1.05. The molecule has 9 nitrogen and oxygen atoms in total. The zero-order valence-electron chi connectivity index (χ0n) is 8.73. The molecule has 0 saturated carbocycles. The molecule has 0 fully saturated rings. The molecule has 2 N–H and O–H groups in total. The lowest BCUT2D eigenvalue weighted by atomic mass is 10.1. The number of aromatic nitrogens is 2. The van der Waals surface area contributed by atoms with E-state index in [1.54, 1.807) is 0 Å². The number of carboxylic acid groups (broad SMARTS) is 1. The normalized spacial score (nSPS) is 14.0. The van der Waals surface area contributed by atoms with Gasteiger partial charge in [0.25, 0.3) is 0 Å². The van der Waals surface area contributed by atoms with Gasteiger partial charge in [0.05, 0.1) is 17.7 Å². The first kappa shape index (κ1) is 12.8. The molecule has 1 atom stereocenters. The van der Waals surface area contributed by atoms with E-state index in [9.17, 15) is 24.8 Å². The summed E-state index contributed by atoms with van der Waals surface area (Å²) in [5.41, 5.74) is -3.55. The van der Waals surface area contributed by atoms with Gasteiger partial charge in [0, 0.05) is 0 Å². The Morgan fingerprint density at radius 1 is 1.71 bits per heavy atom. The summed E-state index contributed by atoms with van der Waals surface area (Å²) >= 11 is 0. The van der Waals surface area contributed by atoms with Crippen molar-refractivity contribution in [2.75, 3.05) is 0 Å². The van der Waals surface area contributed by atoms with E-state index in [1.165, 1.54) is 0 Å². The molecule has 0 saturated heterocycles. The molecular weight excluding hydrogens is 234 g/mol. The highest BCUT2D eigenvalue weighted by Crippen LogP contribution is 2.09. The van der Waals surface area contributed by atoms with Crippen molar-refractivity contribution in [2.45, 2.75) is 19.1 Å². The van der Waals surface area contributed by atoms with Crippen molar-refractivity contribution < 1.29 is 19.9 Å². The molecule has 0 aromatic carbocycles.